The number of aryl methyl sites for hydroxylation is 2. The van der Waals surface area contributed by atoms with Gasteiger partial charge in [-0.05, 0) is 79.5 Å². The minimum atomic E-state index is 0.206. The van der Waals surface area contributed by atoms with Gasteiger partial charge >= 0.3 is 0 Å². The van der Waals surface area contributed by atoms with Gasteiger partial charge in [-0.3, -0.25) is 0 Å². The van der Waals surface area contributed by atoms with E-state index in [-0.39, 0.29) is 5.41 Å². The van der Waals surface area contributed by atoms with Crippen molar-refractivity contribution in [2.24, 2.45) is 11.8 Å². The Morgan fingerprint density at radius 2 is 1.07 bits per heavy atom. The molecule has 0 aromatic heterocycles. The van der Waals surface area contributed by atoms with Gasteiger partial charge in [0.25, 0.3) is 0 Å². The third-order valence-electron chi connectivity index (χ3n) is 5.97. The van der Waals surface area contributed by atoms with Crippen molar-refractivity contribution in [1.82, 2.24) is 0 Å². The summed E-state index contributed by atoms with van der Waals surface area (Å²) in [6.07, 6.45) is 5.12. The van der Waals surface area contributed by atoms with Crippen molar-refractivity contribution >= 4 is 15.9 Å². The van der Waals surface area contributed by atoms with Crippen molar-refractivity contribution in [1.29, 1.82) is 0 Å². The van der Waals surface area contributed by atoms with Gasteiger partial charge in [-0.2, -0.15) is 0 Å². The second-order valence-electron chi connectivity index (χ2n) is 9.05. The predicted octanol–water partition coefficient (Wildman–Crippen LogP) is 8.45. The second kappa shape index (κ2) is 9.41. The average molecular weight is 429 g/mol. The topological polar surface area (TPSA) is 0 Å². The highest BCUT2D eigenvalue weighted by Gasteiger charge is 2.42. The molecule has 0 fully saturated rings. The number of halogens is 1. The summed E-state index contributed by atoms with van der Waals surface area (Å²) < 4.78 is 0. The maximum absolute atomic E-state index is 2.94. The Labute approximate surface area is 175 Å². The Balaban J connectivity index is 0.00000126. The van der Waals surface area contributed by atoms with Crippen LogP contribution in [0.4, 0.5) is 0 Å². The zero-order chi connectivity index (χ0) is 20.2. The largest absolute Gasteiger partial charge is 0.0966 e. The predicted molar refractivity (Wildman–Crippen MR) is 125 cm³/mol. The molecule has 0 aliphatic heterocycles. The molecule has 0 unspecified atom stereocenters. The lowest BCUT2D eigenvalue weighted by atomic mass is 9.69. The number of benzene rings is 2. The fourth-order valence-corrected chi connectivity index (χ4v) is 4.46. The Bertz CT molecular complexity index is 689. The van der Waals surface area contributed by atoms with Crippen LogP contribution in [0.25, 0.3) is 11.1 Å². The summed E-state index contributed by atoms with van der Waals surface area (Å²) in [6.45, 7) is 13.9. The van der Waals surface area contributed by atoms with Crippen LogP contribution in [0.1, 0.15) is 75.6 Å². The van der Waals surface area contributed by atoms with E-state index < -0.39 is 0 Å². The molecule has 0 nitrogen and oxygen atoms in total. The van der Waals surface area contributed by atoms with Crippen LogP contribution in [-0.2, 0) is 5.41 Å². The lowest BCUT2D eigenvalue weighted by Gasteiger charge is -2.34. The number of hydrogen-bond donors (Lipinski definition) is 0. The van der Waals surface area contributed by atoms with E-state index in [1.54, 1.807) is 11.1 Å². The van der Waals surface area contributed by atoms with Crippen LogP contribution in [0.15, 0.2) is 36.4 Å². The summed E-state index contributed by atoms with van der Waals surface area (Å²) in [5.74, 6) is 3.31. The van der Waals surface area contributed by atoms with Crippen LogP contribution in [-0.4, -0.2) is 5.83 Å². The molecule has 0 bridgehead atoms. The first-order valence-electron chi connectivity index (χ1n) is 10.4. The molecule has 148 valence electrons. The van der Waals surface area contributed by atoms with E-state index in [1.165, 1.54) is 47.9 Å². The van der Waals surface area contributed by atoms with Gasteiger partial charge in [0.05, 0.1) is 0 Å². The molecule has 2 aromatic rings. The second-order valence-corrected chi connectivity index (χ2v) is 9.05. The van der Waals surface area contributed by atoms with Crippen LogP contribution in [0.3, 0.4) is 0 Å². The maximum Gasteiger partial charge on any atom is 0.0215 e. The lowest BCUT2D eigenvalue weighted by molar-refractivity contribution is 0.364. The Hall–Kier alpha value is -1.08. The first-order valence-corrected chi connectivity index (χ1v) is 12.0. The summed E-state index contributed by atoms with van der Waals surface area (Å²) >= 11 is 2.94. The van der Waals surface area contributed by atoms with Crippen LogP contribution < -0.4 is 0 Å². The fourth-order valence-electron chi connectivity index (χ4n) is 4.46. The molecule has 1 aliphatic rings. The Kier molecular flexibility index (Phi) is 7.74. The lowest BCUT2D eigenvalue weighted by Crippen LogP contribution is -2.27. The van der Waals surface area contributed by atoms with Gasteiger partial charge < -0.3 is 0 Å². The van der Waals surface area contributed by atoms with E-state index >= 15 is 0 Å². The number of hydrogen-bond acceptors (Lipinski definition) is 0. The third-order valence-corrected chi connectivity index (χ3v) is 5.97. The SMILES string of the molecule is CBr.Cc1ccc2c(c1)C(CCC(C)C)(CCC(C)C)c1cc(C)ccc1-2. The van der Waals surface area contributed by atoms with Crippen LogP contribution in [0.2, 0.25) is 0 Å². The molecule has 0 spiro atoms. The number of fused-ring (bicyclic) bond motifs is 3. The van der Waals surface area contributed by atoms with E-state index in [2.05, 4.69) is 93.9 Å². The van der Waals surface area contributed by atoms with Crippen molar-refractivity contribution in [2.45, 2.75) is 72.6 Å². The summed E-state index contributed by atoms with van der Waals surface area (Å²) in [4.78, 5) is 0. The highest BCUT2D eigenvalue weighted by atomic mass is 79.9. The van der Waals surface area contributed by atoms with E-state index in [0.717, 1.165) is 11.8 Å². The van der Waals surface area contributed by atoms with E-state index in [1.807, 2.05) is 5.83 Å². The molecule has 27 heavy (non-hydrogen) atoms. The zero-order valence-corrected chi connectivity index (χ0v) is 19.9. The van der Waals surface area contributed by atoms with Crippen LogP contribution in [0, 0.1) is 25.7 Å². The van der Waals surface area contributed by atoms with E-state index in [0.29, 0.717) is 0 Å². The summed E-state index contributed by atoms with van der Waals surface area (Å²) in [7, 11) is 0. The minimum absolute atomic E-state index is 0.206. The first kappa shape index (κ1) is 22.2. The van der Waals surface area contributed by atoms with Gasteiger partial charge in [0.2, 0.25) is 0 Å². The average Bonchev–Trinajstić information content (AvgIpc) is 2.89. The Morgan fingerprint density at radius 3 is 1.41 bits per heavy atom. The molecule has 2 aromatic carbocycles. The molecule has 0 N–H and O–H groups in total. The van der Waals surface area contributed by atoms with Gasteiger partial charge in [0.15, 0.2) is 0 Å². The third kappa shape index (κ3) is 4.67. The minimum Gasteiger partial charge on any atom is -0.0966 e. The first-order chi connectivity index (χ1) is 12.8. The molecule has 1 heteroatoms. The molecule has 0 radical (unpaired) electrons. The molecule has 0 saturated carbocycles. The normalized spacial score (nSPS) is 14.0. The number of rotatable bonds is 6. The highest BCUT2D eigenvalue weighted by Crippen LogP contribution is 2.54. The molecule has 1 aliphatic carbocycles. The highest BCUT2D eigenvalue weighted by molar-refractivity contribution is 9.08. The molecular weight excluding hydrogens is 392 g/mol. The molecule has 3 rings (SSSR count). The van der Waals surface area contributed by atoms with Gasteiger partial charge in [0.1, 0.15) is 0 Å². The van der Waals surface area contributed by atoms with Crippen LogP contribution in [0.5, 0.6) is 0 Å². The quantitative estimate of drug-likeness (QED) is 0.404. The summed E-state index contributed by atoms with van der Waals surface area (Å²) in [5, 5.41) is 0. The smallest absolute Gasteiger partial charge is 0.0215 e. The molecule has 0 atom stereocenters. The Morgan fingerprint density at radius 1 is 0.704 bits per heavy atom. The molecule has 0 amide bonds. The van der Waals surface area contributed by atoms with Crippen molar-refractivity contribution in [3.05, 3.63) is 58.7 Å². The monoisotopic (exact) mass is 428 g/mol. The maximum atomic E-state index is 2.94. The van der Waals surface area contributed by atoms with Gasteiger partial charge in [-0.1, -0.05) is 91.1 Å². The van der Waals surface area contributed by atoms with Crippen LogP contribution >= 0.6 is 15.9 Å². The van der Waals surface area contributed by atoms with Gasteiger partial charge in [-0.15, -0.1) is 0 Å². The van der Waals surface area contributed by atoms with E-state index in [9.17, 15) is 0 Å². The van der Waals surface area contributed by atoms with Gasteiger partial charge in [0, 0.05) is 5.41 Å². The molecular formula is C26H37Br. The van der Waals surface area contributed by atoms with Crippen molar-refractivity contribution in [3.63, 3.8) is 0 Å². The van der Waals surface area contributed by atoms with Gasteiger partial charge in [-0.25, -0.2) is 0 Å². The molecule has 0 heterocycles. The van der Waals surface area contributed by atoms with Crippen molar-refractivity contribution in [2.75, 3.05) is 5.83 Å². The fraction of sp³-hybridized carbons (Fsp3) is 0.538. The summed E-state index contributed by atoms with van der Waals surface area (Å²) in [6, 6.07) is 14.3. The summed E-state index contributed by atoms with van der Waals surface area (Å²) in [5.41, 5.74) is 9.13. The van der Waals surface area contributed by atoms with Crippen molar-refractivity contribution < 1.29 is 0 Å². The standard InChI is InChI=1S/C25H34.CH3Br/c1-17(2)11-13-25(14-12-18(3)4)23-15-19(5)7-9-21(23)22-10-8-20(6)16-24(22)25;1-2/h7-10,15-18H,11-14H2,1-6H3;1H3. The number of alkyl halides is 1. The van der Waals surface area contributed by atoms with Crippen molar-refractivity contribution in [3.8, 4) is 11.1 Å². The van der Waals surface area contributed by atoms with E-state index in [4.69, 9.17) is 0 Å². The zero-order valence-electron chi connectivity index (χ0n) is 18.3. The molecule has 0 saturated heterocycles.